The van der Waals surface area contributed by atoms with Crippen LogP contribution in [0.4, 0.5) is 0 Å². The largest absolute Gasteiger partial charge is 0.300 e. The Balaban J connectivity index is 2.04. The summed E-state index contributed by atoms with van der Waals surface area (Å²) < 4.78 is 2.02. The highest BCUT2D eigenvalue weighted by Gasteiger charge is 2.29. The standard InChI is InChI=1S/C21H19ClN4O/c1-12-5-4-6-18-19(12)20(15-7-9-16(22)10-8-15)23-17(11-13(2)27)21-25-24-14(3)26(18)21/h4-10,17H,11H2,1-3H3/t17-/m0/s1. The van der Waals surface area contributed by atoms with E-state index >= 15 is 0 Å². The van der Waals surface area contributed by atoms with Crippen LogP contribution in [0.25, 0.3) is 5.69 Å². The molecule has 3 aromatic rings. The number of aryl methyl sites for hydroxylation is 2. The highest BCUT2D eigenvalue weighted by atomic mass is 35.5. The fourth-order valence-electron chi connectivity index (χ4n) is 3.55. The molecule has 0 unspecified atom stereocenters. The van der Waals surface area contributed by atoms with E-state index < -0.39 is 0 Å². The van der Waals surface area contributed by atoms with Crippen LogP contribution in [0.5, 0.6) is 0 Å². The van der Waals surface area contributed by atoms with Crippen LogP contribution in [-0.4, -0.2) is 26.3 Å². The zero-order valence-electron chi connectivity index (χ0n) is 15.4. The molecule has 0 saturated heterocycles. The third-order valence-corrected chi connectivity index (χ3v) is 5.01. The van der Waals surface area contributed by atoms with Crippen molar-refractivity contribution in [3.05, 3.63) is 75.8 Å². The minimum absolute atomic E-state index is 0.0640. The molecule has 0 N–H and O–H groups in total. The van der Waals surface area contributed by atoms with Gasteiger partial charge in [-0.2, -0.15) is 0 Å². The van der Waals surface area contributed by atoms with Gasteiger partial charge in [0.2, 0.25) is 0 Å². The van der Waals surface area contributed by atoms with Crippen LogP contribution in [0.1, 0.15) is 47.7 Å². The lowest BCUT2D eigenvalue weighted by atomic mass is 9.96. The second-order valence-corrected chi connectivity index (χ2v) is 7.25. The van der Waals surface area contributed by atoms with Crippen LogP contribution in [0.15, 0.2) is 47.5 Å². The van der Waals surface area contributed by atoms with E-state index in [2.05, 4.69) is 23.2 Å². The Hall–Kier alpha value is -2.79. The second kappa shape index (κ2) is 6.74. The molecule has 0 fully saturated rings. The predicted octanol–water partition coefficient (Wildman–Crippen LogP) is 4.41. The van der Waals surface area contributed by atoms with Crippen molar-refractivity contribution in [2.75, 3.05) is 0 Å². The van der Waals surface area contributed by atoms with Crippen molar-refractivity contribution in [3.8, 4) is 5.69 Å². The van der Waals surface area contributed by atoms with Gasteiger partial charge in [0.25, 0.3) is 0 Å². The van der Waals surface area contributed by atoms with Crippen LogP contribution in [-0.2, 0) is 4.79 Å². The number of carbonyl (C=O) groups excluding carboxylic acids is 1. The van der Waals surface area contributed by atoms with Gasteiger partial charge in [-0.1, -0.05) is 35.9 Å². The summed E-state index contributed by atoms with van der Waals surface area (Å²) in [7, 11) is 0. The topological polar surface area (TPSA) is 60.1 Å². The van der Waals surface area contributed by atoms with Gasteiger partial charge >= 0.3 is 0 Å². The van der Waals surface area contributed by atoms with E-state index in [4.69, 9.17) is 16.6 Å². The predicted molar refractivity (Wildman–Crippen MR) is 106 cm³/mol. The second-order valence-electron chi connectivity index (χ2n) is 6.82. The van der Waals surface area contributed by atoms with Gasteiger partial charge in [0.1, 0.15) is 17.6 Å². The molecular weight excluding hydrogens is 360 g/mol. The first kappa shape index (κ1) is 17.6. The maximum absolute atomic E-state index is 11.9. The van der Waals surface area contributed by atoms with Crippen molar-refractivity contribution in [2.24, 2.45) is 4.99 Å². The van der Waals surface area contributed by atoms with E-state index in [1.165, 1.54) is 0 Å². The number of ketones is 1. The summed E-state index contributed by atoms with van der Waals surface area (Å²) in [5.74, 6) is 1.53. The Labute approximate surface area is 162 Å². The lowest BCUT2D eigenvalue weighted by Gasteiger charge is -2.15. The Morgan fingerprint density at radius 2 is 1.85 bits per heavy atom. The van der Waals surface area contributed by atoms with E-state index in [0.29, 0.717) is 10.8 Å². The molecular formula is C21H19ClN4O. The van der Waals surface area contributed by atoms with Crippen LogP contribution in [0, 0.1) is 13.8 Å². The Morgan fingerprint density at radius 1 is 1.11 bits per heavy atom. The number of aromatic nitrogens is 3. The molecule has 4 rings (SSSR count). The molecule has 6 heteroatoms. The summed E-state index contributed by atoms with van der Waals surface area (Å²) in [5.41, 5.74) is 4.90. The first-order valence-corrected chi connectivity index (χ1v) is 9.19. The molecule has 1 aliphatic heterocycles. The molecule has 0 spiro atoms. The van der Waals surface area contributed by atoms with E-state index in [0.717, 1.165) is 33.9 Å². The number of Topliss-reactive ketones (excluding diaryl/α,β-unsaturated/α-hetero) is 1. The third-order valence-electron chi connectivity index (χ3n) is 4.76. The smallest absolute Gasteiger partial charge is 0.162 e. The summed E-state index contributed by atoms with van der Waals surface area (Å²) in [6, 6.07) is 13.4. The number of hydrogen-bond donors (Lipinski definition) is 0. The maximum Gasteiger partial charge on any atom is 0.162 e. The van der Waals surface area contributed by atoms with Gasteiger partial charge in [-0.25, -0.2) is 0 Å². The lowest BCUT2D eigenvalue weighted by molar-refractivity contribution is -0.117. The molecule has 0 aliphatic carbocycles. The fraction of sp³-hybridized carbons (Fsp3) is 0.238. The van der Waals surface area contributed by atoms with Crippen molar-refractivity contribution in [1.29, 1.82) is 0 Å². The quantitative estimate of drug-likeness (QED) is 0.678. The van der Waals surface area contributed by atoms with Gasteiger partial charge in [0.15, 0.2) is 5.82 Å². The van der Waals surface area contributed by atoms with Crippen LogP contribution in [0.2, 0.25) is 5.02 Å². The Bertz CT molecular complexity index is 1070. The summed E-state index contributed by atoms with van der Waals surface area (Å²) in [4.78, 5) is 16.9. The van der Waals surface area contributed by atoms with Gasteiger partial charge < -0.3 is 0 Å². The molecule has 5 nitrogen and oxygen atoms in total. The lowest BCUT2D eigenvalue weighted by Crippen LogP contribution is -2.10. The molecule has 136 valence electrons. The number of halogens is 1. The summed E-state index contributed by atoms with van der Waals surface area (Å²) >= 11 is 6.08. The molecule has 2 aromatic carbocycles. The van der Waals surface area contributed by atoms with Gasteiger partial charge in [-0.3, -0.25) is 14.4 Å². The monoisotopic (exact) mass is 378 g/mol. The third kappa shape index (κ3) is 3.08. The maximum atomic E-state index is 11.9. The number of fused-ring (bicyclic) bond motifs is 3. The molecule has 27 heavy (non-hydrogen) atoms. The molecule has 1 aliphatic rings. The molecule has 0 saturated carbocycles. The van der Waals surface area contributed by atoms with E-state index in [9.17, 15) is 4.79 Å². The van der Waals surface area contributed by atoms with Crippen molar-refractivity contribution in [1.82, 2.24) is 14.8 Å². The van der Waals surface area contributed by atoms with Crippen molar-refractivity contribution >= 4 is 23.1 Å². The number of rotatable bonds is 3. The average molecular weight is 379 g/mol. The minimum atomic E-state index is -0.388. The number of benzene rings is 2. The molecule has 0 bridgehead atoms. The SMILES string of the molecule is CC(=O)C[C@@H]1N=C(c2ccc(Cl)cc2)c2c(C)cccc2-n2c(C)nnc21. The number of aliphatic imine (C=N–C) groups is 1. The first-order chi connectivity index (χ1) is 13.0. The van der Waals surface area contributed by atoms with Crippen LogP contribution < -0.4 is 0 Å². The summed E-state index contributed by atoms with van der Waals surface area (Å²) in [6.07, 6.45) is 0.280. The van der Waals surface area contributed by atoms with Gasteiger partial charge in [0.05, 0.1) is 11.4 Å². The molecule has 1 atom stereocenters. The molecule has 1 aromatic heterocycles. The average Bonchev–Trinajstić information content (AvgIpc) is 2.94. The van der Waals surface area contributed by atoms with Crippen LogP contribution >= 0.6 is 11.6 Å². The Morgan fingerprint density at radius 3 is 2.56 bits per heavy atom. The minimum Gasteiger partial charge on any atom is -0.300 e. The number of hydrogen-bond acceptors (Lipinski definition) is 4. The molecule has 0 radical (unpaired) electrons. The molecule has 0 amide bonds. The molecule has 2 heterocycles. The summed E-state index contributed by atoms with van der Waals surface area (Å²) in [5, 5.41) is 9.28. The Kier molecular flexibility index (Phi) is 4.40. The van der Waals surface area contributed by atoms with Crippen molar-refractivity contribution in [2.45, 2.75) is 33.2 Å². The van der Waals surface area contributed by atoms with E-state index in [-0.39, 0.29) is 18.2 Å². The fourth-order valence-corrected chi connectivity index (χ4v) is 3.68. The number of nitrogens with zero attached hydrogens (tertiary/aromatic N) is 4. The zero-order valence-corrected chi connectivity index (χ0v) is 16.2. The first-order valence-electron chi connectivity index (χ1n) is 8.81. The highest BCUT2D eigenvalue weighted by molar-refractivity contribution is 6.30. The van der Waals surface area contributed by atoms with Crippen molar-refractivity contribution in [3.63, 3.8) is 0 Å². The van der Waals surface area contributed by atoms with Gasteiger partial charge in [-0.05, 0) is 44.5 Å². The van der Waals surface area contributed by atoms with Crippen LogP contribution in [0.3, 0.4) is 0 Å². The number of carbonyl (C=O) groups is 1. The summed E-state index contributed by atoms with van der Waals surface area (Å²) in [6.45, 7) is 5.56. The van der Waals surface area contributed by atoms with E-state index in [1.54, 1.807) is 6.92 Å². The van der Waals surface area contributed by atoms with Gasteiger partial charge in [-0.15, -0.1) is 10.2 Å². The van der Waals surface area contributed by atoms with E-state index in [1.807, 2.05) is 47.9 Å². The van der Waals surface area contributed by atoms with Gasteiger partial charge in [0, 0.05) is 22.6 Å². The normalized spacial score (nSPS) is 15.6. The van der Waals surface area contributed by atoms with Crippen molar-refractivity contribution < 1.29 is 4.79 Å². The highest BCUT2D eigenvalue weighted by Crippen LogP contribution is 2.34. The zero-order chi connectivity index (χ0) is 19.1.